The van der Waals surface area contributed by atoms with Crippen molar-refractivity contribution in [2.75, 3.05) is 13.2 Å². The molecule has 2 atom stereocenters. The van der Waals surface area contributed by atoms with Crippen molar-refractivity contribution in [3.8, 4) is 0 Å². The van der Waals surface area contributed by atoms with E-state index in [0.29, 0.717) is 25.7 Å². The zero-order chi connectivity index (χ0) is 13.7. The summed E-state index contributed by atoms with van der Waals surface area (Å²) in [6.45, 7) is 1.26. The van der Waals surface area contributed by atoms with E-state index in [9.17, 15) is 9.59 Å². The van der Waals surface area contributed by atoms with Crippen LogP contribution in [0, 0.1) is 11.8 Å². The first-order valence-electron chi connectivity index (χ1n) is 7.30. The molecule has 0 radical (unpaired) electrons. The third kappa shape index (κ3) is 4.49. The molecule has 0 aromatic heterocycles. The van der Waals surface area contributed by atoms with Crippen LogP contribution < -0.4 is 5.32 Å². The molecule has 0 saturated heterocycles. The number of carboxylic acids is 1. The number of carboxylic acid groups (broad SMARTS) is 1. The maximum Gasteiger partial charge on any atom is 0.307 e. The number of amides is 1. The summed E-state index contributed by atoms with van der Waals surface area (Å²) in [6, 6.07) is 0. The molecular weight excluding hydrogens is 246 g/mol. The van der Waals surface area contributed by atoms with E-state index in [1.807, 2.05) is 0 Å². The summed E-state index contributed by atoms with van der Waals surface area (Å²) in [5, 5.41) is 11.5. The zero-order valence-electron chi connectivity index (χ0n) is 11.3. The van der Waals surface area contributed by atoms with Crippen molar-refractivity contribution in [1.82, 2.24) is 5.32 Å². The van der Waals surface area contributed by atoms with Gasteiger partial charge in [-0.25, -0.2) is 0 Å². The molecule has 2 rings (SSSR count). The lowest BCUT2D eigenvalue weighted by Gasteiger charge is -2.21. The van der Waals surface area contributed by atoms with Crippen LogP contribution in [0.3, 0.4) is 0 Å². The summed E-state index contributed by atoms with van der Waals surface area (Å²) >= 11 is 0. The number of hydrogen-bond acceptors (Lipinski definition) is 3. The monoisotopic (exact) mass is 269 g/mol. The molecule has 2 N–H and O–H groups in total. The Morgan fingerprint density at radius 1 is 1.16 bits per heavy atom. The van der Waals surface area contributed by atoms with E-state index < -0.39 is 11.9 Å². The van der Waals surface area contributed by atoms with Crippen LogP contribution in [0.15, 0.2) is 0 Å². The van der Waals surface area contributed by atoms with Crippen LogP contribution in [0.5, 0.6) is 0 Å². The molecule has 2 aliphatic carbocycles. The maximum absolute atomic E-state index is 11.6. The molecule has 2 fully saturated rings. The highest BCUT2D eigenvalue weighted by Crippen LogP contribution is 2.38. The highest BCUT2D eigenvalue weighted by molar-refractivity contribution is 5.89. The van der Waals surface area contributed by atoms with Gasteiger partial charge in [-0.1, -0.05) is 19.3 Å². The molecule has 0 aliphatic heterocycles. The molecule has 5 nitrogen and oxygen atoms in total. The number of carbonyl (C=O) groups is 2. The van der Waals surface area contributed by atoms with Crippen molar-refractivity contribution in [2.24, 2.45) is 11.8 Å². The molecule has 0 bridgehead atoms. The average Bonchev–Trinajstić information content (AvgIpc) is 3.20. The van der Waals surface area contributed by atoms with Gasteiger partial charge in [0.05, 0.1) is 17.9 Å². The molecule has 1 amide bonds. The summed E-state index contributed by atoms with van der Waals surface area (Å²) in [4.78, 5) is 22.2. The topological polar surface area (TPSA) is 75.6 Å². The number of nitrogens with one attached hydrogen (secondary N) is 1. The van der Waals surface area contributed by atoms with Gasteiger partial charge in [-0.15, -0.1) is 0 Å². The van der Waals surface area contributed by atoms with Crippen LogP contribution in [0.4, 0.5) is 0 Å². The van der Waals surface area contributed by atoms with Gasteiger partial charge in [-0.2, -0.15) is 0 Å². The van der Waals surface area contributed by atoms with Crippen molar-refractivity contribution in [1.29, 1.82) is 0 Å². The molecule has 19 heavy (non-hydrogen) atoms. The van der Waals surface area contributed by atoms with Gasteiger partial charge in [0.15, 0.2) is 0 Å². The van der Waals surface area contributed by atoms with Crippen LogP contribution in [0.2, 0.25) is 0 Å². The Kier molecular flexibility index (Phi) is 5.19. The highest BCUT2D eigenvalue weighted by atomic mass is 16.5. The van der Waals surface area contributed by atoms with E-state index in [1.165, 1.54) is 19.3 Å². The van der Waals surface area contributed by atoms with Crippen molar-refractivity contribution < 1.29 is 19.4 Å². The van der Waals surface area contributed by atoms with Gasteiger partial charge < -0.3 is 15.2 Å². The Hall–Kier alpha value is -1.10. The van der Waals surface area contributed by atoms with Crippen LogP contribution in [-0.2, 0) is 14.3 Å². The lowest BCUT2D eigenvalue weighted by Crippen LogP contribution is -2.28. The summed E-state index contributed by atoms with van der Waals surface area (Å²) in [5.41, 5.74) is 0. The fourth-order valence-electron chi connectivity index (χ4n) is 2.65. The number of aliphatic carboxylic acids is 1. The van der Waals surface area contributed by atoms with Crippen molar-refractivity contribution >= 4 is 11.9 Å². The van der Waals surface area contributed by atoms with Gasteiger partial charge in [0, 0.05) is 13.2 Å². The lowest BCUT2D eigenvalue weighted by molar-refractivity contribution is -0.140. The fraction of sp³-hybridized carbons (Fsp3) is 0.857. The normalized spacial score (nSPS) is 26.9. The molecule has 2 saturated carbocycles. The van der Waals surface area contributed by atoms with E-state index >= 15 is 0 Å². The molecule has 0 aromatic rings. The quantitative estimate of drug-likeness (QED) is 0.688. The predicted octanol–water partition coefficient (Wildman–Crippen LogP) is 1.56. The smallest absolute Gasteiger partial charge is 0.307 e. The largest absolute Gasteiger partial charge is 0.481 e. The molecule has 2 unspecified atom stereocenters. The lowest BCUT2D eigenvalue weighted by atomic mass is 9.98. The minimum absolute atomic E-state index is 0.120. The summed E-state index contributed by atoms with van der Waals surface area (Å²) < 4.78 is 5.75. The number of rotatable bonds is 7. The second-order valence-corrected chi connectivity index (χ2v) is 5.56. The number of carbonyl (C=O) groups excluding carboxylic acids is 1. The molecular formula is C14H23NO4. The first-order chi connectivity index (χ1) is 9.18. The van der Waals surface area contributed by atoms with Gasteiger partial charge in [-0.05, 0) is 25.7 Å². The van der Waals surface area contributed by atoms with Gasteiger partial charge in [0.1, 0.15) is 0 Å². The molecule has 5 heteroatoms. The number of hydrogen-bond donors (Lipinski definition) is 2. The standard InChI is InChI=1S/C14H23NO4/c16-13(11-9-12(11)14(17)18)15-7-4-8-19-10-5-2-1-3-6-10/h10-12H,1-9H2,(H,15,16)(H,17,18). The zero-order valence-corrected chi connectivity index (χ0v) is 11.3. The fourth-order valence-corrected chi connectivity index (χ4v) is 2.65. The molecule has 0 aromatic carbocycles. The minimum Gasteiger partial charge on any atom is -0.481 e. The molecule has 0 spiro atoms. The van der Waals surface area contributed by atoms with Gasteiger partial charge in [0.25, 0.3) is 0 Å². The van der Waals surface area contributed by atoms with Gasteiger partial charge in [0.2, 0.25) is 5.91 Å². The Bertz CT molecular complexity index is 325. The summed E-state index contributed by atoms with van der Waals surface area (Å²) in [6.07, 6.45) is 7.86. The predicted molar refractivity (Wildman–Crippen MR) is 69.7 cm³/mol. The Morgan fingerprint density at radius 3 is 2.53 bits per heavy atom. The first kappa shape index (κ1) is 14.3. The van der Waals surface area contributed by atoms with E-state index in [4.69, 9.17) is 9.84 Å². The average molecular weight is 269 g/mol. The highest BCUT2D eigenvalue weighted by Gasteiger charge is 2.48. The first-order valence-corrected chi connectivity index (χ1v) is 7.30. The Morgan fingerprint density at radius 2 is 1.89 bits per heavy atom. The van der Waals surface area contributed by atoms with E-state index in [1.54, 1.807) is 0 Å². The van der Waals surface area contributed by atoms with Crippen LogP contribution in [-0.4, -0.2) is 36.2 Å². The van der Waals surface area contributed by atoms with Crippen LogP contribution in [0.1, 0.15) is 44.9 Å². The molecule has 108 valence electrons. The third-order valence-electron chi connectivity index (χ3n) is 3.97. The second-order valence-electron chi connectivity index (χ2n) is 5.56. The van der Waals surface area contributed by atoms with Crippen LogP contribution in [0.25, 0.3) is 0 Å². The van der Waals surface area contributed by atoms with Crippen molar-refractivity contribution in [3.05, 3.63) is 0 Å². The van der Waals surface area contributed by atoms with E-state index in [2.05, 4.69) is 5.32 Å². The van der Waals surface area contributed by atoms with Gasteiger partial charge in [-0.3, -0.25) is 9.59 Å². The van der Waals surface area contributed by atoms with Crippen molar-refractivity contribution in [2.45, 2.75) is 51.0 Å². The van der Waals surface area contributed by atoms with E-state index in [-0.39, 0.29) is 11.8 Å². The summed E-state index contributed by atoms with van der Waals surface area (Å²) in [5.74, 6) is -1.75. The minimum atomic E-state index is -0.860. The van der Waals surface area contributed by atoms with E-state index in [0.717, 1.165) is 19.3 Å². The molecule has 0 heterocycles. The SMILES string of the molecule is O=C(O)C1CC1C(=O)NCCCOC1CCCCC1. The second kappa shape index (κ2) is 6.89. The molecule has 2 aliphatic rings. The third-order valence-corrected chi connectivity index (χ3v) is 3.97. The van der Waals surface area contributed by atoms with Crippen molar-refractivity contribution in [3.63, 3.8) is 0 Å². The maximum atomic E-state index is 11.6. The Balaban J connectivity index is 1.48. The summed E-state index contributed by atoms with van der Waals surface area (Å²) in [7, 11) is 0. The number of ether oxygens (including phenoxy) is 1. The van der Waals surface area contributed by atoms with Crippen LogP contribution >= 0.6 is 0 Å². The Labute approximate surface area is 113 Å². The van der Waals surface area contributed by atoms with Gasteiger partial charge >= 0.3 is 5.97 Å².